The first-order chi connectivity index (χ1) is 9.85. The molecule has 0 bridgehead atoms. The van der Waals surface area contributed by atoms with E-state index < -0.39 is 0 Å². The summed E-state index contributed by atoms with van der Waals surface area (Å²) in [6.45, 7) is 0.412. The second-order valence-electron chi connectivity index (χ2n) is 4.25. The molecule has 0 saturated carbocycles. The average molecular weight is 271 g/mol. The summed E-state index contributed by atoms with van der Waals surface area (Å²) in [4.78, 5) is 0. The maximum Gasteiger partial charge on any atom is 0.247 e. The topological polar surface area (TPSA) is 89.9 Å². The quantitative estimate of drug-likeness (QED) is 0.742. The first-order valence-electron chi connectivity index (χ1n) is 6.23. The van der Waals surface area contributed by atoms with Crippen LogP contribution in [0, 0.1) is 0 Å². The third-order valence-corrected chi connectivity index (χ3v) is 2.74. The normalized spacial score (nSPS) is 10.8. The number of benzene rings is 1. The number of aromatic nitrogens is 5. The molecule has 0 aliphatic heterocycles. The van der Waals surface area contributed by atoms with Crippen LogP contribution in [0.4, 0.5) is 0 Å². The molecule has 0 aliphatic rings. The largest absolute Gasteiger partial charge is 0.419 e. The molecule has 0 atom stereocenters. The number of aliphatic hydroxyl groups excluding tert-OH is 1. The average Bonchev–Trinajstić information content (AvgIpc) is 3.11. The summed E-state index contributed by atoms with van der Waals surface area (Å²) in [6, 6.07) is 9.58. The van der Waals surface area contributed by atoms with Gasteiger partial charge in [0.25, 0.3) is 0 Å². The van der Waals surface area contributed by atoms with E-state index in [4.69, 9.17) is 9.52 Å². The minimum Gasteiger partial charge on any atom is -0.419 e. The van der Waals surface area contributed by atoms with Crippen LogP contribution in [0.2, 0.25) is 0 Å². The van der Waals surface area contributed by atoms with Gasteiger partial charge in [-0.3, -0.25) is 0 Å². The predicted octanol–water partition coefficient (Wildman–Crippen LogP) is 0.911. The lowest BCUT2D eigenvalue weighted by Crippen LogP contribution is -2.00. The second kappa shape index (κ2) is 5.62. The zero-order valence-electron chi connectivity index (χ0n) is 10.7. The van der Waals surface area contributed by atoms with Gasteiger partial charge in [0.15, 0.2) is 0 Å². The van der Waals surface area contributed by atoms with Crippen LogP contribution in [-0.2, 0) is 13.0 Å². The summed E-state index contributed by atoms with van der Waals surface area (Å²) in [6.07, 6.45) is 2.24. The minimum absolute atomic E-state index is 0.0530. The Balaban J connectivity index is 1.73. The molecule has 3 rings (SSSR count). The Morgan fingerprint density at radius 2 is 1.95 bits per heavy atom. The molecule has 0 amide bonds. The summed E-state index contributed by atoms with van der Waals surface area (Å²) < 4.78 is 7.19. The Morgan fingerprint density at radius 3 is 2.75 bits per heavy atom. The molecule has 2 aromatic heterocycles. The zero-order chi connectivity index (χ0) is 13.8. The second-order valence-corrected chi connectivity index (χ2v) is 4.25. The highest BCUT2D eigenvalue weighted by molar-refractivity contribution is 5.51. The van der Waals surface area contributed by atoms with E-state index in [9.17, 15) is 0 Å². The first-order valence-corrected chi connectivity index (χ1v) is 6.23. The van der Waals surface area contributed by atoms with Gasteiger partial charge >= 0.3 is 0 Å². The summed E-state index contributed by atoms with van der Waals surface area (Å²) in [5.74, 6) is 0.945. The van der Waals surface area contributed by atoms with Crippen molar-refractivity contribution in [1.29, 1.82) is 0 Å². The molecular formula is C13H13N5O2. The molecule has 20 heavy (non-hydrogen) atoms. The lowest BCUT2D eigenvalue weighted by Gasteiger charge is -1.94. The fraction of sp³-hybridized carbons (Fsp3) is 0.231. The van der Waals surface area contributed by atoms with E-state index in [0.29, 0.717) is 24.7 Å². The van der Waals surface area contributed by atoms with Crippen LogP contribution in [0.1, 0.15) is 11.6 Å². The van der Waals surface area contributed by atoms with Crippen LogP contribution in [0.3, 0.4) is 0 Å². The van der Waals surface area contributed by atoms with Crippen molar-refractivity contribution in [3.63, 3.8) is 0 Å². The van der Waals surface area contributed by atoms with Crippen molar-refractivity contribution in [2.24, 2.45) is 0 Å². The molecule has 0 aliphatic carbocycles. The summed E-state index contributed by atoms with van der Waals surface area (Å²) >= 11 is 0. The number of nitrogens with zero attached hydrogens (tertiary/aromatic N) is 5. The number of rotatable bonds is 5. The molecule has 2 heterocycles. The monoisotopic (exact) mass is 271 g/mol. The van der Waals surface area contributed by atoms with E-state index in [0.717, 1.165) is 11.3 Å². The van der Waals surface area contributed by atoms with Crippen LogP contribution < -0.4 is 0 Å². The number of aliphatic hydroxyl groups is 1. The molecule has 0 fully saturated rings. The zero-order valence-corrected chi connectivity index (χ0v) is 10.7. The van der Waals surface area contributed by atoms with E-state index in [1.54, 1.807) is 10.9 Å². The van der Waals surface area contributed by atoms with Gasteiger partial charge in [0.1, 0.15) is 6.54 Å². The van der Waals surface area contributed by atoms with E-state index in [2.05, 4.69) is 20.5 Å². The lowest BCUT2D eigenvalue weighted by molar-refractivity contribution is 0.298. The third kappa shape index (κ3) is 2.72. The molecule has 0 unspecified atom stereocenters. The first kappa shape index (κ1) is 12.5. The standard InChI is InChI=1S/C13H13N5O2/c19-7-6-11-8-18(17-14-11)9-12-15-16-13(20-12)10-4-2-1-3-5-10/h1-5,8,19H,6-7,9H2. The molecular weight excluding hydrogens is 258 g/mol. The predicted molar refractivity (Wildman–Crippen MR) is 69.6 cm³/mol. The molecule has 1 N–H and O–H groups in total. The van der Waals surface area contributed by atoms with Gasteiger partial charge in [0.2, 0.25) is 11.8 Å². The van der Waals surface area contributed by atoms with Crippen molar-refractivity contribution in [3.05, 3.63) is 48.1 Å². The summed E-state index contributed by atoms with van der Waals surface area (Å²) in [5, 5.41) is 24.7. The van der Waals surface area contributed by atoms with Crippen molar-refractivity contribution < 1.29 is 9.52 Å². The van der Waals surface area contributed by atoms with Gasteiger partial charge < -0.3 is 9.52 Å². The van der Waals surface area contributed by atoms with Crippen LogP contribution >= 0.6 is 0 Å². The maximum atomic E-state index is 8.83. The molecule has 0 spiro atoms. The van der Waals surface area contributed by atoms with Crippen molar-refractivity contribution in [1.82, 2.24) is 25.2 Å². The number of hydrogen-bond donors (Lipinski definition) is 1. The SMILES string of the molecule is OCCc1cn(Cc2nnc(-c3ccccc3)o2)nn1. The van der Waals surface area contributed by atoms with Gasteiger partial charge in [0, 0.05) is 24.8 Å². The van der Waals surface area contributed by atoms with Crippen LogP contribution in [0.15, 0.2) is 40.9 Å². The van der Waals surface area contributed by atoms with Crippen molar-refractivity contribution in [3.8, 4) is 11.5 Å². The van der Waals surface area contributed by atoms with Gasteiger partial charge in [-0.1, -0.05) is 23.4 Å². The Bertz CT molecular complexity index is 677. The lowest BCUT2D eigenvalue weighted by atomic mass is 10.2. The van der Waals surface area contributed by atoms with Gasteiger partial charge in [0.05, 0.1) is 5.69 Å². The van der Waals surface area contributed by atoms with Crippen LogP contribution in [-0.4, -0.2) is 36.9 Å². The highest BCUT2D eigenvalue weighted by Crippen LogP contribution is 2.17. The Labute approximate surface area is 114 Å². The maximum absolute atomic E-state index is 8.83. The van der Waals surface area contributed by atoms with E-state index in [1.807, 2.05) is 30.3 Å². The fourth-order valence-corrected chi connectivity index (χ4v) is 1.80. The highest BCUT2D eigenvalue weighted by Gasteiger charge is 2.09. The van der Waals surface area contributed by atoms with Gasteiger partial charge in [-0.05, 0) is 12.1 Å². The Morgan fingerprint density at radius 1 is 1.10 bits per heavy atom. The molecule has 102 valence electrons. The van der Waals surface area contributed by atoms with Crippen LogP contribution in [0.5, 0.6) is 0 Å². The van der Waals surface area contributed by atoms with Gasteiger partial charge in [-0.25, -0.2) is 4.68 Å². The third-order valence-electron chi connectivity index (χ3n) is 2.74. The van der Waals surface area contributed by atoms with E-state index >= 15 is 0 Å². The minimum atomic E-state index is 0.0530. The summed E-state index contributed by atoms with van der Waals surface area (Å²) in [7, 11) is 0. The van der Waals surface area contributed by atoms with Crippen LogP contribution in [0.25, 0.3) is 11.5 Å². The molecule has 3 aromatic rings. The molecule has 1 aromatic carbocycles. The Kier molecular flexibility index (Phi) is 3.51. The molecule has 0 saturated heterocycles. The Hall–Kier alpha value is -2.54. The molecule has 7 nitrogen and oxygen atoms in total. The molecule has 7 heteroatoms. The number of hydrogen-bond acceptors (Lipinski definition) is 6. The van der Waals surface area contributed by atoms with Crippen molar-refractivity contribution >= 4 is 0 Å². The van der Waals surface area contributed by atoms with Gasteiger partial charge in [-0.15, -0.1) is 15.3 Å². The van der Waals surface area contributed by atoms with E-state index in [-0.39, 0.29) is 6.61 Å². The fourth-order valence-electron chi connectivity index (χ4n) is 1.80. The van der Waals surface area contributed by atoms with Crippen molar-refractivity contribution in [2.45, 2.75) is 13.0 Å². The van der Waals surface area contributed by atoms with E-state index in [1.165, 1.54) is 0 Å². The van der Waals surface area contributed by atoms with Crippen molar-refractivity contribution in [2.75, 3.05) is 6.61 Å². The van der Waals surface area contributed by atoms with Gasteiger partial charge in [-0.2, -0.15) is 0 Å². The smallest absolute Gasteiger partial charge is 0.247 e. The molecule has 0 radical (unpaired) electrons. The highest BCUT2D eigenvalue weighted by atomic mass is 16.4. The summed E-state index contributed by atoms with van der Waals surface area (Å²) in [5.41, 5.74) is 1.61.